The molecule has 2 aromatic rings. The van der Waals surface area contributed by atoms with Crippen LogP contribution in [0.25, 0.3) is 10.8 Å². The molecular formula is C19H27N5O3. The third-order valence-electron chi connectivity index (χ3n) is 5.07. The number of hydrogen-bond donors (Lipinski definition) is 2. The molecule has 1 amide bonds. The monoisotopic (exact) mass is 373 g/mol. The number of H-pyrrole nitrogens is 1. The molecule has 27 heavy (non-hydrogen) atoms. The zero-order valence-electron chi connectivity index (χ0n) is 15.7. The third kappa shape index (κ3) is 4.84. The van der Waals surface area contributed by atoms with Crippen LogP contribution in [-0.2, 0) is 11.3 Å². The average Bonchev–Trinajstić information content (AvgIpc) is 2.70. The number of nitrogens with zero attached hydrogens (tertiary/aromatic N) is 3. The number of fused-ring (bicyclic) bond motifs is 1. The lowest BCUT2D eigenvalue weighted by molar-refractivity contribution is -0.121. The number of amides is 1. The highest BCUT2D eigenvalue weighted by atomic mass is 16.2. The first-order valence-corrected chi connectivity index (χ1v) is 9.51. The molecule has 8 heteroatoms. The summed E-state index contributed by atoms with van der Waals surface area (Å²) < 4.78 is 1.07. The molecule has 0 unspecified atom stereocenters. The number of nitrogens with one attached hydrogen (secondary N) is 2. The largest absolute Gasteiger partial charge is 0.354 e. The van der Waals surface area contributed by atoms with E-state index in [1.54, 1.807) is 24.3 Å². The minimum Gasteiger partial charge on any atom is -0.354 e. The summed E-state index contributed by atoms with van der Waals surface area (Å²) in [6.45, 7) is 8.92. The van der Waals surface area contributed by atoms with Crippen molar-refractivity contribution in [3.05, 3.63) is 45.0 Å². The molecular weight excluding hydrogens is 346 g/mol. The minimum atomic E-state index is -0.371. The highest BCUT2D eigenvalue weighted by Gasteiger charge is 2.15. The maximum Gasteiger partial charge on any atom is 0.273 e. The van der Waals surface area contributed by atoms with Crippen LogP contribution in [0, 0.1) is 0 Å². The van der Waals surface area contributed by atoms with E-state index in [1.165, 1.54) is 0 Å². The molecule has 1 saturated heterocycles. The molecule has 2 heterocycles. The van der Waals surface area contributed by atoms with Crippen LogP contribution in [0.4, 0.5) is 0 Å². The summed E-state index contributed by atoms with van der Waals surface area (Å²) in [5.41, 5.74) is -0.738. The Morgan fingerprint density at radius 1 is 1.07 bits per heavy atom. The molecule has 1 aliphatic rings. The van der Waals surface area contributed by atoms with Crippen LogP contribution in [0.2, 0.25) is 0 Å². The first-order chi connectivity index (χ1) is 13.1. The zero-order chi connectivity index (χ0) is 19.2. The highest BCUT2D eigenvalue weighted by Crippen LogP contribution is 2.03. The standard InChI is InChI=1S/C19H27N5O3/c1-2-22-10-12-23(13-11-22)9-5-8-20-17(25)14-24-19(27)16-7-4-3-6-15(16)18(26)21-24/h3-4,6-7H,2,5,8-14H2,1H3,(H,20,25)(H,21,26). The molecule has 1 aliphatic heterocycles. The minimum absolute atomic E-state index is 0.186. The Bertz CT molecular complexity index is 896. The van der Waals surface area contributed by atoms with Crippen LogP contribution < -0.4 is 16.4 Å². The smallest absolute Gasteiger partial charge is 0.273 e. The van der Waals surface area contributed by atoms with Crippen molar-refractivity contribution in [1.29, 1.82) is 0 Å². The summed E-state index contributed by atoms with van der Waals surface area (Å²) in [7, 11) is 0. The molecule has 8 nitrogen and oxygen atoms in total. The van der Waals surface area contributed by atoms with Gasteiger partial charge in [0, 0.05) is 32.7 Å². The van der Waals surface area contributed by atoms with Crippen molar-refractivity contribution in [2.75, 3.05) is 45.8 Å². The van der Waals surface area contributed by atoms with Gasteiger partial charge in [0.05, 0.1) is 10.8 Å². The Kier molecular flexibility index (Phi) is 6.41. The second kappa shape index (κ2) is 8.96. The van der Waals surface area contributed by atoms with Crippen LogP contribution in [0.3, 0.4) is 0 Å². The van der Waals surface area contributed by atoms with E-state index in [1.807, 2.05) is 0 Å². The van der Waals surface area contributed by atoms with Gasteiger partial charge in [-0.1, -0.05) is 19.1 Å². The second-order valence-corrected chi connectivity index (χ2v) is 6.86. The van der Waals surface area contributed by atoms with E-state index in [4.69, 9.17) is 0 Å². The van der Waals surface area contributed by atoms with E-state index in [0.29, 0.717) is 17.3 Å². The molecule has 1 fully saturated rings. The van der Waals surface area contributed by atoms with Crippen molar-refractivity contribution in [2.24, 2.45) is 0 Å². The van der Waals surface area contributed by atoms with Crippen molar-refractivity contribution < 1.29 is 4.79 Å². The van der Waals surface area contributed by atoms with Crippen LogP contribution >= 0.6 is 0 Å². The summed E-state index contributed by atoms with van der Waals surface area (Å²) in [5.74, 6) is -0.279. The number of hydrogen-bond acceptors (Lipinski definition) is 5. The van der Waals surface area contributed by atoms with E-state index in [2.05, 4.69) is 27.1 Å². The number of carbonyl (C=O) groups excluding carboxylic acids is 1. The Balaban J connectivity index is 1.47. The molecule has 2 N–H and O–H groups in total. The maximum atomic E-state index is 12.4. The van der Waals surface area contributed by atoms with Crippen molar-refractivity contribution in [2.45, 2.75) is 19.9 Å². The first-order valence-electron chi connectivity index (χ1n) is 9.51. The lowest BCUT2D eigenvalue weighted by Gasteiger charge is -2.33. The number of benzene rings is 1. The van der Waals surface area contributed by atoms with Gasteiger partial charge in [0.1, 0.15) is 6.54 Å². The highest BCUT2D eigenvalue weighted by molar-refractivity contribution is 5.81. The summed E-state index contributed by atoms with van der Waals surface area (Å²) in [6, 6.07) is 6.60. The Morgan fingerprint density at radius 3 is 2.44 bits per heavy atom. The molecule has 1 aromatic carbocycles. The van der Waals surface area contributed by atoms with Gasteiger partial charge >= 0.3 is 0 Å². The number of rotatable bonds is 7. The van der Waals surface area contributed by atoms with Gasteiger partial charge in [-0.05, 0) is 31.6 Å². The second-order valence-electron chi connectivity index (χ2n) is 6.86. The predicted molar refractivity (Wildman–Crippen MR) is 105 cm³/mol. The lowest BCUT2D eigenvalue weighted by Crippen LogP contribution is -2.46. The Labute approximate surface area is 157 Å². The van der Waals surface area contributed by atoms with E-state index < -0.39 is 0 Å². The van der Waals surface area contributed by atoms with Gasteiger partial charge < -0.3 is 15.1 Å². The topological polar surface area (TPSA) is 90.4 Å². The molecule has 146 valence electrons. The number of aromatic nitrogens is 2. The molecule has 0 radical (unpaired) electrons. The van der Waals surface area contributed by atoms with Crippen LogP contribution in [0.5, 0.6) is 0 Å². The van der Waals surface area contributed by atoms with Crippen molar-refractivity contribution in [3.8, 4) is 0 Å². The van der Waals surface area contributed by atoms with Crippen molar-refractivity contribution in [1.82, 2.24) is 24.9 Å². The zero-order valence-corrected chi connectivity index (χ0v) is 15.7. The van der Waals surface area contributed by atoms with E-state index in [0.717, 1.165) is 50.4 Å². The van der Waals surface area contributed by atoms with Gasteiger partial charge in [0.15, 0.2) is 0 Å². The quantitative estimate of drug-likeness (QED) is 0.658. The summed E-state index contributed by atoms with van der Waals surface area (Å²) in [6.07, 6.45) is 0.862. The van der Waals surface area contributed by atoms with Gasteiger partial charge in [-0.3, -0.25) is 19.5 Å². The summed E-state index contributed by atoms with van der Waals surface area (Å²) >= 11 is 0. The summed E-state index contributed by atoms with van der Waals surface area (Å²) in [4.78, 5) is 41.4. The maximum absolute atomic E-state index is 12.4. The van der Waals surface area contributed by atoms with Crippen molar-refractivity contribution >= 4 is 16.7 Å². The first kappa shape index (κ1) is 19.3. The molecule has 1 aromatic heterocycles. The molecule has 0 spiro atoms. The Morgan fingerprint density at radius 2 is 1.74 bits per heavy atom. The van der Waals surface area contributed by atoms with Gasteiger partial charge in [-0.2, -0.15) is 0 Å². The Hall–Kier alpha value is -2.45. The molecule has 3 rings (SSSR count). The van der Waals surface area contributed by atoms with E-state index in [9.17, 15) is 14.4 Å². The fourth-order valence-corrected chi connectivity index (χ4v) is 3.42. The average molecular weight is 373 g/mol. The van der Waals surface area contributed by atoms with E-state index >= 15 is 0 Å². The van der Waals surface area contributed by atoms with Crippen LogP contribution in [-0.4, -0.2) is 71.3 Å². The molecule has 0 aliphatic carbocycles. The predicted octanol–water partition coefficient (Wildman–Crippen LogP) is -0.166. The fourth-order valence-electron chi connectivity index (χ4n) is 3.42. The lowest BCUT2D eigenvalue weighted by atomic mass is 10.2. The molecule has 0 atom stereocenters. The normalized spacial score (nSPS) is 15.9. The van der Waals surface area contributed by atoms with E-state index in [-0.39, 0.29) is 23.6 Å². The van der Waals surface area contributed by atoms with Gasteiger partial charge in [0.25, 0.3) is 11.1 Å². The number of piperazine rings is 1. The van der Waals surface area contributed by atoms with Gasteiger partial charge in [-0.25, -0.2) is 4.68 Å². The van der Waals surface area contributed by atoms with Crippen molar-refractivity contribution in [3.63, 3.8) is 0 Å². The van der Waals surface area contributed by atoms with Gasteiger partial charge in [0.2, 0.25) is 5.91 Å². The molecule has 0 bridgehead atoms. The van der Waals surface area contributed by atoms with Crippen LogP contribution in [0.15, 0.2) is 33.9 Å². The van der Waals surface area contributed by atoms with Crippen LogP contribution in [0.1, 0.15) is 13.3 Å². The van der Waals surface area contributed by atoms with Gasteiger partial charge in [-0.15, -0.1) is 0 Å². The number of aromatic amines is 1. The number of likely N-dealkylation sites (N-methyl/N-ethyl adjacent to an activating group) is 1. The third-order valence-corrected chi connectivity index (χ3v) is 5.07. The molecule has 0 saturated carbocycles. The summed E-state index contributed by atoms with van der Waals surface area (Å²) in [5, 5.41) is 5.96. The fraction of sp³-hybridized carbons (Fsp3) is 0.526. The SMILES string of the molecule is CCN1CCN(CCCNC(=O)Cn2[nH]c(=O)c3ccccc3c2=O)CC1. The number of carbonyl (C=O) groups is 1.